The van der Waals surface area contributed by atoms with Gasteiger partial charge in [-0.25, -0.2) is 9.59 Å². The van der Waals surface area contributed by atoms with E-state index in [4.69, 9.17) is 5.11 Å². The Labute approximate surface area is 102 Å². The molecule has 2 amide bonds. The molecule has 2 atom stereocenters. The summed E-state index contributed by atoms with van der Waals surface area (Å²) in [6, 6.07) is -0.982. The van der Waals surface area contributed by atoms with E-state index in [0.717, 1.165) is 19.3 Å². The summed E-state index contributed by atoms with van der Waals surface area (Å²) in [6.07, 6.45) is 3.15. The second kappa shape index (κ2) is 5.38. The zero-order valence-corrected chi connectivity index (χ0v) is 10.7. The zero-order chi connectivity index (χ0) is 13.1. The van der Waals surface area contributed by atoms with Crippen LogP contribution >= 0.6 is 0 Å². The van der Waals surface area contributed by atoms with Gasteiger partial charge in [0, 0.05) is 6.04 Å². The van der Waals surface area contributed by atoms with Crippen LogP contribution in [0.3, 0.4) is 0 Å². The number of carbonyl (C=O) groups excluding carboxylic acids is 1. The standard InChI is InChI=1S/C12H22N2O3/c1-4-5-6-8(10(15)16)13-11(17)14-9-7-12(9,2)3/h8-9H,4-7H2,1-3H3,(H,15,16)(H2,13,14,17). The van der Waals surface area contributed by atoms with E-state index in [1.54, 1.807) is 0 Å². The second-order valence-corrected chi connectivity index (χ2v) is 5.40. The Morgan fingerprint density at radius 2 is 2.06 bits per heavy atom. The third-order valence-electron chi connectivity index (χ3n) is 3.27. The molecule has 0 aromatic carbocycles. The molecule has 17 heavy (non-hydrogen) atoms. The molecular formula is C12H22N2O3. The zero-order valence-electron chi connectivity index (χ0n) is 10.7. The Morgan fingerprint density at radius 3 is 2.47 bits per heavy atom. The van der Waals surface area contributed by atoms with E-state index < -0.39 is 12.0 Å². The van der Waals surface area contributed by atoms with Crippen molar-refractivity contribution in [2.45, 2.75) is 58.5 Å². The minimum Gasteiger partial charge on any atom is -0.480 e. The van der Waals surface area contributed by atoms with Crippen LogP contribution in [0.25, 0.3) is 0 Å². The number of rotatable bonds is 6. The predicted octanol–water partition coefficient (Wildman–Crippen LogP) is 1.73. The van der Waals surface area contributed by atoms with Gasteiger partial charge in [-0.05, 0) is 18.3 Å². The van der Waals surface area contributed by atoms with Gasteiger partial charge in [0.1, 0.15) is 6.04 Å². The average Bonchev–Trinajstić information content (AvgIpc) is 2.80. The van der Waals surface area contributed by atoms with Gasteiger partial charge in [-0.2, -0.15) is 0 Å². The molecule has 1 fully saturated rings. The highest BCUT2D eigenvalue weighted by atomic mass is 16.4. The Kier molecular flexibility index (Phi) is 4.37. The second-order valence-electron chi connectivity index (χ2n) is 5.40. The molecule has 3 N–H and O–H groups in total. The summed E-state index contributed by atoms with van der Waals surface area (Å²) in [6.45, 7) is 6.14. The highest BCUT2D eigenvalue weighted by molar-refractivity contribution is 5.82. The summed E-state index contributed by atoms with van der Waals surface area (Å²) in [5.74, 6) is -0.969. The number of nitrogens with one attached hydrogen (secondary N) is 2. The van der Waals surface area contributed by atoms with E-state index >= 15 is 0 Å². The van der Waals surface area contributed by atoms with Crippen LogP contribution in [-0.2, 0) is 4.79 Å². The van der Waals surface area contributed by atoms with Crippen LogP contribution in [-0.4, -0.2) is 29.2 Å². The normalized spacial score (nSPS) is 22.6. The number of carboxylic acid groups (broad SMARTS) is 1. The predicted molar refractivity (Wildman–Crippen MR) is 64.8 cm³/mol. The molecule has 1 saturated carbocycles. The summed E-state index contributed by atoms with van der Waals surface area (Å²) in [7, 11) is 0. The van der Waals surface area contributed by atoms with Gasteiger partial charge in [-0.3, -0.25) is 0 Å². The maximum absolute atomic E-state index is 11.6. The first-order chi connectivity index (χ1) is 7.86. The number of carbonyl (C=O) groups is 2. The summed E-state index contributed by atoms with van der Waals surface area (Å²) in [5.41, 5.74) is 0.152. The average molecular weight is 242 g/mol. The van der Waals surface area contributed by atoms with Crippen LogP contribution in [0.2, 0.25) is 0 Å². The lowest BCUT2D eigenvalue weighted by molar-refractivity contribution is -0.139. The molecule has 5 nitrogen and oxygen atoms in total. The molecule has 0 bridgehead atoms. The fourth-order valence-corrected chi connectivity index (χ4v) is 1.74. The minimum absolute atomic E-state index is 0.152. The van der Waals surface area contributed by atoms with E-state index in [1.165, 1.54) is 0 Å². The Hall–Kier alpha value is -1.26. The quantitative estimate of drug-likeness (QED) is 0.663. The lowest BCUT2D eigenvalue weighted by Crippen LogP contribution is -2.47. The van der Waals surface area contributed by atoms with Crippen LogP contribution < -0.4 is 10.6 Å². The van der Waals surface area contributed by atoms with Gasteiger partial charge in [0.25, 0.3) is 0 Å². The lowest BCUT2D eigenvalue weighted by Gasteiger charge is -2.15. The SMILES string of the molecule is CCCCC(NC(=O)NC1CC1(C)C)C(=O)O. The van der Waals surface area contributed by atoms with Crippen molar-refractivity contribution in [2.75, 3.05) is 0 Å². The maximum Gasteiger partial charge on any atom is 0.326 e. The van der Waals surface area contributed by atoms with Crippen LogP contribution in [0.5, 0.6) is 0 Å². The molecule has 0 aromatic rings. The maximum atomic E-state index is 11.6. The first-order valence-corrected chi connectivity index (χ1v) is 6.16. The number of hydrogen-bond acceptors (Lipinski definition) is 2. The van der Waals surface area contributed by atoms with E-state index in [-0.39, 0.29) is 17.5 Å². The minimum atomic E-state index is -0.969. The van der Waals surface area contributed by atoms with Crippen molar-refractivity contribution in [3.8, 4) is 0 Å². The third kappa shape index (κ3) is 4.24. The highest BCUT2D eigenvalue weighted by Crippen LogP contribution is 2.44. The molecular weight excluding hydrogens is 220 g/mol. The van der Waals surface area contributed by atoms with E-state index in [2.05, 4.69) is 24.5 Å². The van der Waals surface area contributed by atoms with Crippen molar-refractivity contribution < 1.29 is 14.7 Å². The van der Waals surface area contributed by atoms with Gasteiger partial charge in [0.05, 0.1) is 0 Å². The van der Waals surface area contributed by atoms with Gasteiger partial charge in [0.2, 0.25) is 0 Å². The lowest BCUT2D eigenvalue weighted by atomic mass is 10.1. The fraction of sp³-hybridized carbons (Fsp3) is 0.833. The van der Waals surface area contributed by atoms with Gasteiger partial charge < -0.3 is 15.7 Å². The fourth-order valence-electron chi connectivity index (χ4n) is 1.74. The number of urea groups is 1. The molecule has 0 radical (unpaired) electrons. The van der Waals surface area contributed by atoms with Crippen molar-refractivity contribution >= 4 is 12.0 Å². The molecule has 0 heterocycles. The van der Waals surface area contributed by atoms with Gasteiger partial charge in [-0.15, -0.1) is 0 Å². The van der Waals surface area contributed by atoms with E-state index in [0.29, 0.717) is 6.42 Å². The van der Waals surface area contributed by atoms with Crippen LogP contribution in [0.4, 0.5) is 4.79 Å². The molecule has 98 valence electrons. The van der Waals surface area contributed by atoms with Crippen molar-refractivity contribution in [1.29, 1.82) is 0 Å². The molecule has 1 aliphatic rings. The molecule has 0 aliphatic heterocycles. The van der Waals surface area contributed by atoms with Gasteiger partial charge in [0.15, 0.2) is 0 Å². The summed E-state index contributed by atoms with van der Waals surface area (Å²) >= 11 is 0. The third-order valence-corrected chi connectivity index (χ3v) is 3.27. The van der Waals surface area contributed by atoms with E-state index in [1.807, 2.05) is 6.92 Å². The molecule has 5 heteroatoms. The smallest absolute Gasteiger partial charge is 0.326 e. The number of hydrogen-bond donors (Lipinski definition) is 3. The molecule has 0 aromatic heterocycles. The Morgan fingerprint density at radius 1 is 1.47 bits per heavy atom. The molecule has 0 spiro atoms. The summed E-state index contributed by atoms with van der Waals surface area (Å²) in [4.78, 5) is 22.5. The number of amides is 2. The molecule has 0 saturated heterocycles. The van der Waals surface area contributed by atoms with Crippen LogP contribution in [0.15, 0.2) is 0 Å². The highest BCUT2D eigenvalue weighted by Gasteiger charge is 2.46. The number of carboxylic acids is 1. The largest absolute Gasteiger partial charge is 0.480 e. The topological polar surface area (TPSA) is 78.4 Å². The van der Waals surface area contributed by atoms with E-state index in [9.17, 15) is 9.59 Å². The van der Waals surface area contributed by atoms with Crippen molar-refractivity contribution in [2.24, 2.45) is 5.41 Å². The van der Waals surface area contributed by atoms with Crippen molar-refractivity contribution in [3.05, 3.63) is 0 Å². The number of aliphatic carboxylic acids is 1. The van der Waals surface area contributed by atoms with Crippen LogP contribution in [0, 0.1) is 5.41 Å². The summed E-state index contributed by atoms with van der Waals surface area (Å²) in [5, 5.41) is 14.3. The Bertz CT molecular complexity index is 302. The first kappa shape index (κ1) is 13.8. The summed E-state index contributed by atoms with van der Waals surface area (Å²) < 4.78 is 0. The van der Waals surface area contributed by atoms with Gasteiger partial charge in [-0.1, -0.05) is 33.6 Å². The monoisotopic (exact) mass is 242 g/mol. The van der Waals surface area contributed by atoms with Crippen molar-refractivity contribution in [1.82, 2.24) is 10.6 Å². The van der Waals surface area contributed by atoms with Crippen LogP contribution in [0.1, 0.15) is 46.5 Å². The molecule has 2 unspecified atom stereocenters. The van der Waals surface area contributed by atoms with Gasteiger partial charge >= 0.3 is 12.0 Å². The van der Waals surface area contributed by atoms with Crippen molar-refractivity contribution in [3.63, 3.8) is 0 Å². The Balaban J connectivity index is 2.34. The number of unbranched alkanes of at least 4 members (excludes halogenated alkanes) is 1. The molecule has 1 rings (SSSR count). The molecule has 1 aliphatic carbocycles. The first-order valence-electron chi connectivity index (χ1n) is 6.16.